The van der Waals surface area contributed by atoms with E-state index in [0.717, 1.165) is 25.9 Å². The van der Waals surface area contributed by atoms with Gasteiger partial charge in [-0.1, -0.05) is 18.2 Å². The lowest BCUT2D eigenvalue weighted by molar-refractivity contribution is -0.389. The number of fused-ring (bicyclic) bond motifs is 2. The Kier molecular flexibility index (Phi) is 3.04. The van der Waals surface area contributed by atoms with Gasteiger partial charge < -0.3 is 19.8 Å². The highest BCUT2D eigenvalue weighted by atomic mass is 16.6. The normalized spacial score (nSPS) is 22.4. The summed E-state index contributed by atoms with van der Waals surface area (Å²) in [5.41, 5.74) is 2.20. The van der Waals surface area contributed by atoms with Gasteiger partial charge in [0.1, 0.15) is 11.8 Å². The Labute approximate surface area is 133 Å². The number of ether oxygens (including phenoxy) is 1. The maximum absolute atomic E-state index is 10.8. The maximum Gasteiger partial charge on any atom is 0.415 e. The molecule has 0 N–H and O–H groups in total. The number of para-hydroxylation sites is 1. The van der Waals surface area contributed by atoms with Gasteiger partial charge in [0.05, 0.1) is 13.1 Å². The highest BCUT2D eigenvalue weighted by Gasteiger charge is 2.42. The van der Waals surface area contributed by atoms with Crippen LogP contribution >= 0.6 is 0 Å². The second-order valence-electron chi connectivity index (χ2n) is 6.47. The molecule has 1 atom stereocenters. The Morgan fingerprint density at radius 2 is 2.26 bits per heavy atom. The topological polar surface area (TPSA) is 73.4 Å². The van der Waals surface area contributed by atoms with Crippen molar-refractivity contribution >= 4 is 11.5 Å². The van der Waals surface area contributed by atoms with Crippen LogP contribution in [0.5, 0.6) is 6.01 Å². The molecule has 0 bridgehead atoms. The second-order valence-corrected chi connectivity index (χ2v) is 6.47. The van der Waals surface area contributed by atoms with E-state index in [2.05, 4.69) is 34.1 Å². The van der Waals surface area contributed by atoms with Crippen LogP contribution in [0.25, 0.3) is 0 Å². The van der Waals surface area contributed by atoms with Crippen LogP contribution in [0.2, 0.25) is 0 Å². The molecular weight excluding hydrogens is 296 g/mol. The Bertz CT molecular complexity index is 747. The average Bonchev–Trinajstić information content (AvgIpc) is 3.02. The minimum atomic E-state index is -0.493. The van der Waals surface area contributed by atoms with Crippen molar-refractivity contribution < 1.29 is 9.66 Å². The monoisotopic (exact) mass is 314 g/mol. The van der Waals surface area contributed by atoms with Crippen LogP contribution in [-0.4, -0.2) is 33.2 Å². The SMILES string of the molecule is C[C@]1(CN2CCCc3ccccc32)Cn2cc([N+](=O)[O-])nc2O1. The molecule has 2 aromatic rings. The number of nitrogens with zero attached hydrogens (tertiary/aromatic N) is 4. The quantitative estimate of drug-likeness (QED) is 0.642. The molecule has 7 nitrogen and oxygen atoms in total. The molecule has 1 aromatic heterocycles. The van der Waals surface area contributed by atoms with Crippen molar-refractivity contribution in [1.29, 1.82) is 0 Å². The Hall–Kier alpha value is -2.57. The summed E-state index contributed by atoms with van der Waals surface area (Å²) in [6.45, 7) is 4.34. The van der Waals surface area contributed by atoms with Gasteiger partial charge in [0, 0.05) is 17.2 Å². The van der Waals surface area contributed by atoms with Gasteiger partial charge in [0.15, 0.2) is 0 Å². The van der Waals surface area contributed by atoms with Gasteiger partial charge in [0.25, 0.3) is 0 Å². The summed E-state index contributed by atoms with van der Waals surface area (Å²) in [7, 11) is 0. The van der Waals surface area contributed by atoms with Crippen LogP contribution < -0.4 is 9.64 Å². The number of anilines is 1. The van der Waals surface area contributed by atoms with Gasteiger partial charge >= 0.3 is 11.8 Å². The molecule has 0 amide bonds. The fraction of sp³-hybridized carbons (Fsp3) is 0.438. The zero-order valence-corrected chi connectivity index (χ0v) is 12.9. The van der Waals surface area contributed by atoms with Crippen molar-refractivity contribution in [2.45, 2.75) is 31.9 Å². The summed E-state index contributed by atoms with van der Waals surface area (Å²) in [5, 5.41) is 10.8. The van der Waals surface area contributed by atoms with E-state index in [4.69, 9.17) is 4.74 Å². The highest BCUT2D eigenvalue weighted by Crippen LogP contribution is 2.34. The van der Waals surface area contributed by atoms with Crippen LogP contribution in [0.15, 0.2) is 30.5 Å². The fourth-order valence-electron chi connectivity index (χ4n) is 3.54. The van der Waals surface area contributed by atoms with Gasteiger partial charge in [-0.15, -0.1) is 0 Å². The van der Waals surface area contributed by atoms with Crippen molar-refractivity contribution in [2.75, 3.05) is 18.0 Å². The first-order valence-electron chi connectivity index (χ1n) is 7.77. The van der Waals surface area contributed by atoms with Gasteiger partial charge in [0.2, 0.25) is 0 Å². The first-order chi connectivity index (χ1) is 11.0. The van der Waals surface area contributed by atoms with Crippen LogP contribution in [0.1, 0.15) is 18.9 Å². The van der Waals surface area contributed by atoms with Crippen molar-refractivity contribution in [3.8, 4) is 6.01 Å². The third kappa shape index (κ3) is 2.42. The van der Waals surface area contributed by atoms with Gasteiger partial charge in [-0.25, -0.2) is 0 Å². The molecule has 0 fully saturated rings. The molecule has 23 heavy (non-hydrogen) atoms. The first kappa shape index (κ1) is 14.0. The van der Waals surface area contributed by atoms with Crippen LogP contribution in [0.4, 0.5) is 11.5 Å². The van der Waals surface area contributed by atoms with Gasteiger partial charge in [-0.2, -0.15) is 0 Å². The summed E-state index contributed by atoms with van der Waals surface area (Å²) >= 11 is 0. The van der Waals surface area contributed by atoms with E-state index in [1.165, 1.54) is 17.4 Å². The molecule has 0 saturated carbocycles. The van der Waals surface area contributed by atoms with E-state index < -0.39 is 10.5 Å². The molecule has 0 aliphatic carbocycles. The van der Waals surface area contributed by atoms with Crippen LogP contribution in [-0.2, 0) is 13.0 Å². The van der Waals surface area contributed by atoms with E-state index in [-0.39, 0.29) is 5.82 Å². The molecule has 0 saturated heterocycles. The molecule has 120 valence electrons. The highest BCUT2D eigenvalue weighted by molar-refractivity contribution is 5.55. The number of hydrogen-bond donors (Lipinski definition) is 0. The maximum atomic E-state index is 10.8. The Balaban J connectivity index is 1.54. The van der Waals surface area contributed by atoms with Crippen molar-refractivity contribution in [2.24, 2.45) is 0 Å². The van der Waals surface area contributed by atoms with E-state index in [0.29, 0.717) is 12.6 Å². The summed E-state index contributed by atoms with van der Waals surface area (Å²) in [6, 6.07) is 8.79. The third-order valence-corrected chi connectivity index (χ3v) is 4.49. The van der Waals surface area contributed by atoms with Crippen LogP contribution in [0.3, 0.4) is 0 Å². The van der Waals surface area contributed by atoms with Crippen LogP contribution in [0, 0.1) is 10.1 Å². The fourth-order valence-corrected chi connectivity index (χ4v) is 3.54. The molecule has 4 rings (SSSR count). The number of aromatic nitrogens is 2. The lowest BCUT2D eigenvalue weighted by atomic mass is 9.99. The molecular formula is C16H18N4O3. The number of benzene rings is 1. The molecule has 7 heteroatoms. The Morgan fingerprint density at radius 3 is 3.04 bits per heavy atom. The lowest BCUT2D eigenvalue weighted by Crippen LogP contribution is -2.46. The Morgan fingerprint density at radius 1 is 1.43 bits per heavy atom. The number of aryl methyl sites for hydroxylation is 1. The largest absolute Gasteiger partial charge is 0.436 e. The minimum absolute atomic E-state index is 0.162. The zero-order chi connectivity index (χ0) is 16.0. The molecule has 2 aliphatic heterocycles. The summed E-state index contributed by atoms with van der Waals surface area (Å²) in [4.78, 5) is 16.6. The van der Waals surface area contributed by atoms with Crippen molar-refractivity contribution in [3.05, 3.63) is 46.1 Å². The number of hydrogen-bond acceptors (Lipinski definition) is 5. The van der Waals surface area contributed by atoms with Gasteiger partial charge in [-0.05, 0) is 36.3 Å². The standard InChI is InChI=1S/C16H18N4O3/c1-16(11-19-9-14(20(21)22)17-15(19)23-16)10-18-8-4-6-12-5-2-3-7-13(12)18/h2-3,5,7,9H,4,6,8,10-11H2,1H3/t16-/m0/s1. The molecule has 3 heterocycles. The van der Waals surface area contributed by atoms with E-state index in [1.807, 2.05) is 6.92 Å². The van der Waals surface area contributed by atoms with Crippen molar-refractivity contribution in [1.82, 2.24) is 9.55 Å². The number of nitro groups is 1. The third-order valence-electron chi connectivity index (χ3n) is 4.49. The number of rotatable bonds is 3. The second kappa shape index (κ2) is 4.97. The van der Waals surface area contributed by atoms with Crippen molar-refractivity contribution in [3.63, 3.8) is 0 Å². The number of imidazole rings is 1. The van der Waals surface area contributed by atoms with E-state index in [9.17, 15) is 10.1 Å². The zero-order valence-electron chi connectivity index (χ0n) is 12.9. The minimum Gasteiger partial charge on any atom is -0.436 e. The van der Waals surface area contributed by atoms with E-state index in [1.54, 1.807) is 4.57 Å². The predicted octanol–water partition coefficient (Wildman–Crippen LogP) is 2.40. The molecule has 0 radical (unpaired) electrons. The average molecular weight is 314 g/mol. The molecule has 0 unspecified atom stereocenters. The lowest BCUT2D eigenvalue weighted by Gasteiger charge is -2.36. The molecule has 1 aromatic carbocycles. The summed E-state index contributed by atoms with van der Waals surface area (Å²) in [5.74, 6) is -0.162. The van der Waals surface area contributed by atoms with Gasteiger partial charge in [-0.3, -0.25) is 4.57 Å². The summed E-state index contributed by atoms with van der Waals surface area (Å²) in [6.07, 6.45) is 3.69. The smallest absolute Gasteiger partial charge is 0.415 e. The molecule has 0 spiro atoms. The van der Waals surface area contributed by atoms with E-state index >= 15 is 0 Å². The predicted molar refractivity (Wildman–Crippen MR) is 84.9 cm³/mol. The summed E-state index contributed by atoms with van der Waals surface area (Å²) < 4.78 is 7.68. The first-order valence-corrected chi connectivity index (χ1v) is 7.77. The molecule has 2 aliphatic rings.